The Labute approximate surface area is 192 Å². The average Bonchev–Trinajstić information content (AvgIpc) is 3.41. The smallest absolute Gasteiger partial charge is 0.433 e. The van der Waals surface area contributed by atoms with Crippen LogP contribution in [0.4, 0.5) is 13.2 Å². The van der Waals surface area contributed by atoms with Crippen molar-refractivity contribution < 1.29 is 27.4 Å². The number of fused-ring (bicyclic) bond motifs is 2. The Kier molecular flexibility index (Phi) is 4.99. The number of hydrogen-bond acceptors (Lipinski definition) is 5. The molecular formula is C23H21ClF3N3O3. The standard InChI is InChI=1S/C23H21ClF3N3O3/c1-3-32-19-13(7-15(31)14-5-4-6-16(28-14)23(25,26)27)8-30-9-17(29-20(30)18(19)24)22-10-21(2,11-22)33-12-22/h4-6,8-9H,3,7,10-12H2,1-2H3. The van der Waals surface area contributed by atoms with Gasteiger partial charge in [0.1, 0.15) is 22.2 Å². The topological polar surface area (TPSA) is 65.7 Å². The zero-order chi connectivity index (χ0) is 23.6. The Balaban J connectivity index is 1.51. The van der Waals surface area contributed by atoms with Crippen LogP contribution in [0.2, 0.25) is 5.02 Å². The van der Waals surface area contributed by atoms with Crippen LogP contribution in [0.1, 0.15) is 54.1 Å². The minimum absolute atomic E-state index is 0.106. The van der Waals surface area contributed by atoms with E-state index in [2.05, 4.69) is 11.9 Å². The molecule has 2 saturated heterocycles. The number of rotatable bonds is 6. The maximum Gasteiger partial charge on any atom is 0.433 e. The summed E-state index contributed by atoms with van der Waals surface area (Å²) in [6, 6.07) is 3.26. The van der Waals surface area contributed by atoms with Gasteiger partial charge in [0.15, 0.2) is 11.4 Å². The zero-order valence-corrected chi connectivity index (χ0v) is 18.8. The van der Waals surface area contributed by atoms with E-state index in [9.17, 15) is 18.0 Å². The molecule has 10 heteroatoms. The summed E-state index contributed by atoms with van der Waals surface area (Å²) in [7, 11) is 0. The molecule has 33 heavy (non-hydrogen) atoms. The summed E-state index contributed by atoms with van der Waals surface area (Å²) in [6.45, 7) is 4.75. The fourth-order valence-electron chi connectivity index (χ4n) is 4.97. The summed E-state index contributed by atoms with van der Waals surface area (Å²) in [5, 5.41) is 0.253. The molecule has 6 nitrogen and oxygen atoms in total. The number of Topliss-reactive ketones (excluding diaryl/α,β-unsaturated/α-hetero) is 1. The highest BCUT2D eigenvalue weighted by Gasteiger charge is 2.61. The first kappa shape index (κ1) is 22.2. The second-order valence-corrected chi connectivity index (χ2v) is 9.34. The van der Waals surface area contributed by atoms with E-state index >= 15 is 0 Å². The van der Waals surface area contributed by atoms with Gasteiger partial charge in [-0.05, 0) is 38.8 Å². The van der Waals surface area contributed by atoms with E-state index in [1.807, 2.05) is 6.20 Å². The van der Waals surface area contributed by atoms with E-state index in [-0.39, 0.29) is 28.2 Å². The van der Waals surface area contributed by atoms with E-state index in [0.717, 1.165) is 24.6 Å². The van der Waals surface area contributed by atoms with E-state index in [1.54, 1.807) is 17.5 Å². The van der Waals surface area contributed by atoms with Gasteiger partial charge in [-0.2, -0.15) is 13.2 Å². The predicted molar refractivity (Wildman–Crippen MR) is 114 cm³/mol. The molecule has 3 aliphatic rings. The number of ketones is 1. The molecule has 5 heterocycles. The monoisotopic (exact) mass is 479 g/mol. The van der Waals surface area contributed by atoms with Crippen molar-refractivity contribution in [3.05, 3.63) is 58.3 Å². The number of halogens is 4. The first-order valence-corrected chi connectivity index (χ1v) is 11.0. The predicted octanol–water partition coefficient (Wildman–Crippen LogP) is 5.05. The lowest BCUT2D eigenvalue weighted by Gasteiger charge is -2.41. The Bertz CT molecular complexity index is 1270. The molecule has 3 aromatic rings. The van der Waals surface area contributed by atoms with Crippen LogP contribution in [0.25, 0.3) is 5.65 Å². The van der Waals surface area contributed by atoms with E-state index < -0.39 is 17.7 Å². The van der Waals surface area contributed by atoms with Crippen LogP contribution in [0, 0.1) is 0 Å². The molecule has 0 amide bonds. The summed E-state index contributed by atoms with van der Waals surface area (Å²) in [5.41, 5.74) is 0.172. The van der Waals surface area contributed by atoms with Gasteiger partial charge >= 0.3 is 6.18 Å². The molecule has 0 N–H and O–H groups in total. The highest BCUT2D eigenvalue weighted by atomic mass is 35.5. The zero-order valence-electron chi connectivity index (χ0n) is 18.0. The number of aromatic nitrogens is 3. The van der Waals surface area contributed by atoms with Crippen molar-refractivity contribution in [2.24, 2.45) is 0 Å². The Morgan fingerprint density at radius 1 is 1.27 bits per heavy atom. The fraction of sp³-hybridized carbons (Fsp3) is 0.435. The molecule has 3 aromatic heterocycles. The van der Waals surface area contributed by atoms with Crippen LogP contribution in [0.15, 0.2) is 30.6 Å². The second-order valence-electron chi connectivity index (χ2n) is 8.97. The molecule has 0 spiro atoms. The highest BCUT2D eigenvalue weighted by molar-refractivity contribution is 6.35. The van der Waals surface area contributed by atoms with Gasteiger partial charge in [-0.25, -0.2) is 9.97 Å². The lowest BCUT2D eigenvalue weighted by Crippen LogP contribution is -2.45. The molecule has 0 unspecified atom stereocenters. The number of carbonyl (C=O) groups excluding carboxylic acids is 1. The number of ether oxygens (including phenoxy) is 2. The average molecular weight is 480 g/mol. The first-order chi connectivity index (χ1) is 15.5. The van der Waals surface area contributed by atoms with E-state index in [0.29, 0.717) is 30.2 Å². The highest BCUT2D eigenvalue weighted by Crippen LogP contribution is 2.58. The quantitative estimate of drug-likeness (QED) is 0.463. The first-order valence-electron chi connectivity index (χ1n) is 10.6. The normalized spacial score (nSPS) is 24.2. The molecule has 174 valence electrons. The van der Waals surface area contributed by atoms with Gasteiger partial charge in [-0.1, -0.05) is 17.7 Å². The maximum absolute atomic E-state index is 13.0. The van der Waals surface area contributed by atoms with Crippen molar-refractivity contribution in [3.63, 3.8) is 0 Å². The number of carbonyl (C=O) groups is 1. The lowest BCUT2D eigenvalue weighted by atomic mass is 9.62. The molecule has 0 aromatic carbocycles. The summed E-state index contributed by atoms with van der Waals surface area (Å²) >= 11 is 6.63. The van der Waals surface area contributed by atoms with E-state index in [4.69, 9.17) is 26.1 Å². The van der Waals surface area contributed by atoms with Crippen molar-refractivity contribution in [1.29, 1.82) is 0 Å². The Hall–Kier alpha value is -2.65. The van der Waals surface area contributed by atoms with Gasteiger partial charge in [0, 0.05) is 29.8 Å². The molecule has 1 saturated carbocycles. The minimum atomic E-state index is -4.64. The number of alkyl halides is 3. The molecule has 0 radical (unpaired) electrons. The fourth-order valence-corrected chi connectivity index (χ4v) is 5.28. The molecule has 0 atom stereocenters. The van der Waals surface area contributed by atoms with Crippen molar-refractivity contribution in [2.75, 3.05) is 13.2 Å². The SMILES string of the molecule is CCOc1c(CC(=O)c2cccc(C(F)(F)F)n2)cn2cc(C34COC(C)(C3)C4)nc2c1Cl. The van der Waals surface area contributed by atoms with Crippen LogP contribution in [-0.4, -0.2) is 39.0 Å². The summed E-state index contributed by atoms with van der Waals surface area (Å²) in [5.74, 6) is -0.280. The third-order valence-electron chi connectivity index (χ3n) is 6.34. The van der Waals surface area contributed by atoms with Gasteiger partial charge in [0.25, 0.3) is 0 Å². The number of pyridine rings is 2. The van der Waals surface area contributed by atoms with Crippen molar-refractivity contribution in [2.45, 2.75) is 50.3 Å². The van der Waals surface area contributed by atoms with Gasteiger partial charge in [0.05, 0.1) is 24.5 Å². The summed E-state index contributed by atoms with van der Waals surface area (Å²) in [6.07, 6.45) is 0.474. The van der Waals surface area contributed by atoms with E-state index in [1.165, 1.54) is 12.1 Å². The summed E-state index contributed by atoms with van der Waals surface area (Å²) in [4.78, 5) is 21.1. The van der Waals surface area contributed by atoms with Crippen LogP contribution >= 0.6 is 11.6 Å². The molecule has 3 fully saturated rings. The van der Waals surface area contributed by atoms with Crippen molar-refractivity contribution in [3.8, 4) is 5.75 Å². The molecule has 6 rings (SSSR count). The number of imidazole rings is 1. The van der Waals surface area contributed by atoms with Crippen molar-refractivity contribution in [1.82, 2.24) is 14.4 Å². The molecule has 2 bridgehead atoms. The number of nitrogens with zero attached hydrogens (tertiary/aromatic N) is 3. The van der Waals surface area contributed by atoms with Crippen LogP contribution in [0.5, 0.6) is 5.75 Å². The van der Waals surface area contributed by atoms with Gasteiger partial charge < -0.3 is 13.9 Å². The van der Waals surface area contributed by atoms with Crippen LogP contribution in [0.3, 0.4) is 0 Å². The van der Waals surface area contributed by atoms with Crippen LogP contribution < -0.4 is 4.74 Å². The van der Waals surface area contributed by atoms with Gasteiger partial charge in [-0.15, -0.1) is 0 Å². The lowest BCUT2D eigenvalue weighted by molar-refractivity contribution is -0.141. The summed E-state index contributed by atoms with van der Waals surface area (Å²) < 4.78 is 52.4. The molecular weight excluding hydrogens is 459 g/mol. The third kappa shape index (κ3) is 3.67. The Morgan fingerprint density at radius 3 is 2.67 bits per heavy atom. The molecule has 1 aliphatic carbocycles. The van der Waals surface area contributed by atoms with Crippen molar-refractivity contribution >= 4 is 23.0 Å². The third-order valence-corrected chi connectivity index (χ3v) is 6.69. The number of hydrogen-bond donors (Lipinski definition) is 0. The minimum Gasteiger partial charge on any atom is -0.492 e. The van der Waals surface area contributed by atoms with Gasteiger partial charge in [0.2, 0.25) is 0 Å². The van der Waals surface area contributed by atoms with Gasteiger partial charge in [-0.3, -0.25) is 4.79 Å². The van der Waals surface area contributed by atoms with Crippen LogP contribution in [-0.2, 0) is 22.7 Å². The largest absolute Gasteiger partial charge is 0.492 e. The maximum atomic E-state index is 13.0. The second kappa shape index (κ2) is 7.43. The Morgan fingerprint density at radius 2 is 2.03 bits per heavy atom. The molecule has 2 aliphatic heterocycles.